The summed E-state index contributed by atoms with van der Waals surface area (Å²) < 4.78 is 0. The summed E-state index contributed by atoms with van der Waals surface area (Å²) in [6.07, 6.45) is 4.70. The third kappa shape index (κ3) is 4.12. The molecule has 3 aromatic rings. The first kappa shape index (κ1) is 29.7. The summed E-state index contributed by atoms with van der Waals surface area (Å²) in [4.78, 5) is 58.4. The number of carbonyl (C=O) groups excluding carboxylic acids is 4. The zero-order chi connectivity index (χ0) is 32.3. The molecule has 7 rings (SSSR count). The first-order valence-electron chi connectivity index (χ1n) is 16.0. The van der Waals surface area contributed by atoms with Crippen LogP contribution in [0.1, 0.15) is 47.9 Å². The number of rotatable bonds is 7. The maximum Gasteiger partial charge on any atom is 0.260 e. The summed E-state index contributed by atoms with van der Waals surface area (Å²) in [5, 5.41) is 13.0. The second-order valence-corrected chi connectivity index (χ2v) is 12.9. The number of anilines is 1. The number of fused-ring (bicyclic) bond motifs is 4. The Morgan fingerprint density at radius 2 is 1.67 bits per heavy atom. The number of hydrogen-bond acceptors (Lipinski definition) is 6. The van der Waals surface area contributed by atoms with Crippen LogP contribution in [-0.2, 0) is 31.0 Å². The van der Waals surface area contributed by atoms with Crippen LogP contribution >= 0.6 is 0 Å². The van der Waals surface area contributed by atoms with Gasteiger partial charge in [0.2, 0.25) is 11.8 Å². The van der Waals surface area contributed by atoms with E-state index in [1.165, 1.54) is 4.90 Å². The summed E-state index contributed by atoms with van der Waals surface area (Å²) in [5.74, 6) is -4.44. The molecule has 4 aliphatic rings. The Balaban J connectivity index is 1.48. The molecule has 8 nitrogen and oxygen atoms in total. The summed E-state index contributed by atoms with van der Waals surface area (Å²) in [7, 11) is 0. The standard InChI is InChI=1S/C38H37N3O5/c1-4-10-23-11-9-14-28(33(23)42)32-26-19-20-27-31(36(45)40(5-2)34(27)43)29(26)21-30-35(44)41(39-25-17-15-22(3)16-18-25)37(46)38(30,32)24-12-7-6-8-13-24/h4,6-9,11-19,27,29-32,39,42H,1,5,10,20-21H2,2-3H3/t27-,29+,30-,31-,32+,38+/m0/s1. The fraction of sp³-hybridized carbons (Fsp3) is 0.316. The Morgan fingerprint density at radius 1 is 0.935 bits per heavy atom. The maximum atomic E-state index is 15.2. The lowest BCUT2D eigenvalue weighted by Gasteiger charge is -2.50. The Kier molecular flexibility index (Phi) is 7.18. The predicted molar refractivity (Wildman–Crippen MR) is 173 cm³/mol. The molecular weight excluding hydrogens is 578 g/mol. The van der Waals surface area contributed by atoms with Gasteiger partial charge in [0.1, 0.15) is 5.75 Å². The molecule has 0 aromatic heterocycles. The number of carbonyl (C=O) groups is 4. The van der Waals surface area contributed by atoms with Crippen molar-refractivity contribution in [2.24, 2.45) is 23.7 Å². The van der Waals surface area contributed by atoms with Gasteiger partial charge in [0.25, 0.3) is 11.8 Å². The first-order chi connectivity index (χ1) is 22.2. The lowest BCUT2D eigenvalue weighted by Crippen LogP contribution is -2.53. The molecule has 2 aliphatic carbocycles. The summed E-state index contributed by atoms with van der Waals surface area (Å²) >= 11 is 0. The molecule has 2 N–H and O–H groups in total. The second kappa shape index (κ2) is 11.1. The molecule has 2 aliphatic heterocycles. The average Bonchev–Trinajstić information content (AvgIpc) is 3.44. The third-order valence-electron chi connectivity index (χ3n) is 10.6. The minimum absolute atomic E-state index is 0.0410. The molecule has 4 amide bonds. The number of hydrazine groups is 1. The summed E-state index contributed by atoms with van der Waals surface area (Å²) in [6, 6.07) is 22.3. The van der Waals surface area contributed by atoms with Gasteiger partial charge in [-0.1, -0.05) is 84.0 Å². The van der Waals surface area contributed by atoms with Crippen LogP contribution in [0, 0.1) is 30.6 Å². The van der Waals surface area contributed by atoms with Crippen LogP contribution in [0.25, 0.3) is 0 Å². The molecule has 2 heterocycles. The van der Waals surface area contributed by atoms with Gasteiger partial charge in [-0.15, -0.1) is 6.58 Å². The zero-order valence-corrected chi connectivity index (χ0v) is 26.0. The topological polar surface area (TPSA) is 107 Å². The molecule has 234 valence electrons. The Hall–Kier alpha value is -4.98. The van der Waals surface area contributed by atoms with E-state index in [1.54, 1.807) is 13.0 Å². The van der Waals surface area contributed by atoms with Crippen LogP contribution in [0.3, 0.4) is 0 Å². The summed E-state index contributed by atoms with van der Waals surface area (Å²) in [5.41, 5.74) is 5.97. The molecule has 8 heteroatoms. The van der Waals surface area contributed by atoms with E-state index in [-0.39, 0.29) is 30.5 Å². The van der Waals surface area contributed by atoms with E-state index in [2.05, 4.69) is 12.0 Å². The number of aryl methyl sites for hydroxylation is 1. The van der Waals surface area contributed by atoms with E-state index >= 15 is 4.79 Å². The fourth-order valence-corrected chi connectivity index (χ4v) is 8.63. The van der Waals surface area contributed by atoms with Gasteiger partial charge in [-0.3, -0.25) is 29.5 Å². The number of nitrogens with one attached hydrogen (secondary N) is 1. The number of allylic oxidation sites excluding steroid dienone is 3. The van der Waals surface area contributed by atoms with Crippen molar-refractivity contribution in [1.82, 2.24) is 9.91 Å². The molecule has 46 heavy (non-hydrogen) atoms. The van der Waals surface area contributed by atoms with E-state index < -0.39 is 46.8 Å². The predicted octanol–water partition coefficient (Wildman–Crippen LogP) is 5.43. The number of para-hydroxylation sites is 1. The molecule has 0 unspecified atom stereocenters. The van der Waals surface area contributed by atoms with Gasteiger partial charge in [0.15, 0.2) is 0 Å². The van der Waals surface area contributed by atoms with Crippen LogP contribution < -0.4 is 5.43 Å². The average molecular weight is 616 g/mol. The molecule has 3 fully saturated rings. The minimum atomic E-state index is -1.43. The Bertz CT molecular complexity index is 1800. The number of amides is 4. The molecule has 1 saturated carbocycles. The SMILES string of the molecule is C=CCc1cccc([C@H]2C3=CC[C@@H]4C(=O)N(CC)C(=O)[C@@H]4[C@@H]3C[C@H]3C(=O)N(Nc4ccc(C)cc4)C(=O)[C@@]23c2ccccc2)c1O. The van der Waals surface area contributed by atoms with Crippen molar-refractivity contribution in [3.05, 3.63) is 119 Å². The van der Waals surface area contributed by atoms with Crippen molar-refractivity contribution in [1.29, 1.82) is 0 Å². The van der Waals surface area contributed by atoms with Crippen molar-refractivity contribution < 1.29 is 24.3 Å². The lowest BCUT2D eigenvalue weighted by atomic mass is 9.49. The smallest absolute Gasteiger partial charge is 0.260 e. The zero-order valence-electron chi connectivity index (χ0n) is 26.0. The minimum Gasteiger partial charge on any atom is -0.507 e. The third-order valence-corrected chi connectivity index (χ3v) is 10.6. The van der Waals surface area contributed by atoms with Crippen molar-refractivity contribution in [3.8, 4) is 5.75 Å². The van der Waals surface area contributed by atoms with Crippen LogP contribution in [0.15, 0.2) is 97.1 Å². The second-order valence-electron chi connectivity index (χ2n) is 12.9. The summed E-state index contributed by atoms with van der Waals surface area (Å²) in [6.45, 7) is 7.89. The van der Waals surface area contributed by atoms with Gasteiger partial charge in [-0.2, -0.15) is 5.01 Å². The number of imide groups is 2. The largest absolute Gasteiger partial charge is 0.507 e. The van der Waals surface area contributed by atoms with Crippen LogP contribution in [-0.4, -0.2) is 45.2 Å². The molecule has 0 bridgehead atoms. The highest BCUT2D eigenvalue weighted by atomic mass is 16.3. The number of phenols is 1. The van der Waals surface area contributed by atoms with E-state index in [9.17, 15) is 19.5 Å². The molecule has 2 saturated heterocycles. The first-order valence-corrected chi connectivity index (χ1v) is 16.0. The monoisotopic (exact) mass is 615 g/mol. The van der Waals surface area contributed by atoms with Gasteiger partial charge in [0, 0.05) is 18.0 Å². The number of phenolic OH excluding ortho intramolecular Hbond substituents is 1. The number of benzene rings is 3. The highest BCUT2D eigenvalue weighted by Gasteiger charge is 2.70. The molecular formula is C38H37N3O5. The van der Waals surface area contributed by atoms with Crippen molar-refractivity contribution in [2.45, 2.75) is 44.4 Å². The van der Waals surface area contributed by atoms with E-state index in [4.69, 9.17) is 0 Å². The van der Waals surface area contributed by atoms with E-state index in [1.807, 2.05) is 85.8 Å². The Morgan fingerprint density at radius 3 is 2.37 bits per heavy atom. The highest BCUT2D eigenvalue weighted by Crippen LogP contribution is 2.65. The lowest BCUT2D eigenvalue weighted by molar-refractivity contribution is -0.141. The number of likely N-dealkylation sites (tertiary alicyclic amines) is 1. The van der Waals surface area contributed by atoms with Gasteiger partial charge in [-0.05, 0) is 62.3 Å². The molecule has 0 spiro atoms. The Labute approximate surface area is 268 Å². The highest BCUT2D eigenvalue weighted by molar-refractivity contribution is 6.13. The van der Waals surface area contributed by atoms with Crippen LogP contribution in [0.2, 0.25) is 0 Å². The quantitative estimate of drug-likeness (QED) is 0.271. The normalized spacial score (nSPS) is 28.5. The van der Waals surface area contributed by atoms with E-state index in [0.29, 0.717) is 35.2 Å². The van der Waals surface area contributed by atoms with Crippen LogP contribution in [0.4, 0.5) is 5.69 Å². The molecule has 6 atom stereocenters. The van der Waals surface area contributed by atoms with Crippen molar-refractivity contribution in [2.75, 3.05) is 12.0 Å². The molecule has 0 radical (unpaired) electrons. The van der Waals surface area contributed by atoms with E-state index in [0.717, 1.165) is 16.1 Å². The fourth-order valence-electron chi connectivity index (χ4n) is 8.63. The van der Waals surface area contributed by atoms with Gasteiger partial charge in [0.05, 0.1) is 28.9 Å². The number of aromatic hydroxyl groups is 1. The van der Waals surface area contributed by atoms with Crippen molar-refractivity contribution >= 4 is 29.3 Å². The maximum absolute atomic E-state index is 15.2. The van der Waals surface area contributed by atoms with Gasteiger partial charge in [-0.25, -0.2) is 0 Å². The molecule has 3 aromatic carbocycles. The number of hydrogen-bond donors (Lipinski definition) is 2. The van der Waals surface area contributed by atoms with Crippen molar-refractivity contribution in [3.63, 3.8) is 0 Å². The number of nitrogens with zero attached hydrogens (tertiary/aromatic N) is 2. The van der Waals surface area contributed by atoms with Gasteiger partial charge >= 0.3 is 0 Å². The van der Waals surface area contributed by atoms with Gasteiger partial charge < -0.3 is 5.11 Å². The van der Waals surface area contributed by atoms with Crippen LogP contribution in [0.5, 0.6) is 5.75 Å².